The maximum Gasteiger partial charge on any atom is 0.251 e. The minimum Gasteiger partial charge on any atom is -0.468 e. The van der Waals surface area contributed by atoms with E-state index in [1.165, 1.54) is 30.4 Å². The number of amides is 1. The lowest BCUT2D eigenvalue weighted by Gasteiger charge is -2.26. The third-order valence-corrected chi connectivity index (χ3v) is 5.27. The van der Waals surface area contributed by atoms with Crippen molar-refractivity contribution in [2.75, 3.05) is 19.6 Å². The van der Waals surface area contributed by atoms with E-state index in [4.69, 9.17) is 4.42 Å². The molecule has 1 amide bonds. The molecular formula is C20H24N2O2. The lowest BCUT2D eigenvalue weighted by Crippen LogP contribution is -2.36. The highest BCUT2D eigenvalue weighted by atomic mass is 16.3. The van der Waals surface area contributed by atoms with Gasteiger partial charge in [0.05, 0.1) is 12.3 Å². The number of fused-ring (bicyclic) bond motifs is 1. The first-order valence-corrected chi connectivity index (χ1v) is 8.99. The molecule has 2 heterocycles. The van der Waals surface area contributed by atoms with Gasteiger partial charge in [-0.15, -0.1) is 0 Å². The van der Waals surface area contributed by atoms with Crippen LogP contribution in [0.1, 0.15) is 52.5 Å². The number of aryl methyl sites for hydroxylation is 2. The first kappa shape index (κ1) is 15.5. The van der Waals surface area contributed by atoms with Crippen LogP contribution in [0.25, 0.3) is 0 Å². The van der Waals surface area contributed by atoms with Crippen LogP contribution in [0.5, 0.6) is 0 Å². The summed E-state index contributed by atoms with van der Waals surface area (Å²) in [4.78, 5) is 15.0. The molecule has 4 nitrogen and oxygen atoms in total. The highest BCUT2D eigenvalue weighted by Gasteiger charge is 2.26. The number of rotatable bonds is 5. The van der Waals surface area contributed by atoms with Crippen LogP contribution in [0, 0.1) is 0 Å². The molecule has 1 fully saturated rings. The number of carbonyl (C=O) groups is 1. The minimum atomic E-state index is 0.0143. The van der Waals surface area contributed by atoms with Gasteiger partial charge in [0.25, 0.3) is 5.91 Å². The van der Waals surface area contributed by atoms with Gasteiger partial charge in [-0.3, -0.25) is 9.69 Å². The van der Waals surface area contributed by atoms with Gasteiger partial charge in [0, 0.05) is 12.1 Å². The molecule has 1 aliphatic carbocycles. The maximum absolute atomic E-state index is 12.6. The summed E-state index contributed by atoms with van der Waals surface area (Å²) in [5, 5.41) is 3.11. The average molecular weight is 324 g/mol. The van der Waals surface area contributed by atoms with Crippen LogP contribution >= 0.6 is 0 Å². The number of likely N-dealkylation sites (tertiary alicyclic amines) is 1. The van der Waals surface area contributed by atoms with Crippen LogP contribution in [-0.4, -0.2) is 30.4 Å². The third-order valence-electron chi connectivity index (χ3n) is 5.27. The van der Waals surface area contributed by atoms with Crippen molar-refractivity contribution in [3.8, 4) is 0 Å². The molecule has 1 aliphatic heterocycles. The highest BCUT2D eigenvalue weighted by Crippen LogP contribution is 2.25. The molecule has 4 heteroatoms. The lowest BCUT2D eigenvalue weighted by atomic mass is 10.1. The quantitative estimate of drug-likeness (QED) is 0.917. The number of nitrogens with zero attached hydrogens (tertiary/aromatic N) is 1. The van der Waals surface area contributed by atoms with Crippen molar-refractivity contribution in [1.82, 2.24) is 10.2 Å². The summed E-state index contributed by atoms with van der Waals surface area (Å²) in [7, 11) is 0. The summed E-state index contributed by atoms with van der Waals surface area (Å²) in [5.41, 5.74) is 3.51. The largest absolute Gasteiger partial charge is 0.468 e. The molecule has 1 aromatic heterocycles. The van der Waals surface area contributed by atoms with Gasteiger partial charge in [0.2, 0.25) is 0 Å². The molecule has 1 saturated heterocycles. The van der Waals surface area contributed by atoms with E-state index in [0.717, 1.165) is 37.3 Å². The molecule has 4 rings (SSSR count). The van der Waals surface area contributed by atoms with E-state index >= 15 is 0 Å². The van der Waals surface area contributed by atoms with Gasteiger partial charge in [0.15, 0.2) is 0 Å². The molecule has 0 bridgehead atoms. The third kappa shape index (κ3) is 3.11. The molecule has 24 heavy (non-hydrogen) atoms. The Morgan fingerprint density at radius 1 is 1.12 bits per heavy atom. The normalized spacial score (nSPS) is 18.5. The zero-order valence-electron chi connectivity index (χ0n) is 14.0. The van der Waals surface area contributed by atoms with E-state index in [-0.39, 0.29) is 11.9 Å². The Morgan fingerprint density at radius 3 is 2.75 bits per heavy atom. The van der Waals surface area contributed by atoms with Crippen molar-refractivity contribution < 1.29 is 9.21 Å². The Hall–Kier alpha value is -2.07. The van der Waals surface area contributed by atoms with E-state index in [1.54, 1.807) is 6.26 Å². The highest BCUT2D eigenvalue weighted by molar-refractivity contribution is 5.94. The van der Waals surface area contributed by atoms with Crippen molar-refractivity contribution in [3.63, 3.8) is 0 Å². The molecule has 0 spiro atoms. The van der Waals surface area contributed by atoms with Gasteiger partial charge in [-0.1, -0.05) is 6.07 Å². The SMILES string of the molecule is O=C(NC[C@@H](c1ccco1)N1CCCC1)c1ccc2c(c1)CCC2. The van der Waals surface area contributed by atoms with Crippen molar-refractivity contribution in [2.24, 2.45) is 0 Å². The van der Waals surface area contributed by atoms with Gasteiger partial charge in [0.1, 0.15) is 5.76 Å². The zero-order valence-corrected chi connectivity index (χ0v) is 14.0. The lowest BCUT2D eigenvalue weighted by molar-refractivity contribution is 0.0933. The summed E-state index contributed by atoms with van der Waals surface area (Å²) < 4.78 is 5.61. The summed E-state index contributed by atoms with van der Waals surface area (Å²) >= 11 is 0. The van der Waals surface area contributed by atoms with Crippen molar-refractivity contribution >= 4 is 5.91 Å². The molecule has 1 N–H and O–H groups in total. The average Bonchev–Trinajstić information content (AvgIpc) is 3.36. The predicted octanol–water partition coefficient (Wildman–Crippen LogP) is 3.34. The molecule has 0 radical (unpaired) electrons. The zero-order chi connectivity index (χ0) is 16.4. The maximum atomic E-state index is 12.6. The van der Waals surface area contributed by atoms with E-state index < -0.39 is 0 Å². The number of benzene rings is 1. The van der Waals surface area contributed by atoms with E-state index in [0.29, 0.717) is 6.54 Å². The first-order chi connectivity index (χ1) is 11.8. The van der Waals surface area contributed by atoms with Crippen LogP contribution in [0.3, 0.4) is 0 Å². The standard InChI is InChI=1S/C20H24N2O2/c23-20(17-9-8-15-5-3-6-16(15)13-17)21-14-18(19-7-4-12-24-19)22-10-1-2-11-22/h4,7-9,12-13,18H,1-3,5-6,10-11,14H2,(H,21,23)/t18-/m0/s1. The van der Waals surface area contributed by atoms with Gasteiger partial charge < -0.3 is 9.73 Å². The Balaban J connectivity index is 1.44. The molecule has 1 aromatic carbocycles. The number of hydrogen-bond acceptors (Lipinski definition) is 3. The second kappa shape index (κ2) is 6.81. The van der Waals surface area contributed by atoms with Crippen LogP contribution in [0.2, 0.25) is 0 Å². The Labute approximate surface area is 142 Å². The summed E-state index contributed by atoms with van der Waals surface area (Å²) in [6, 6.07) is 10.2. The minimum absolute atomic E-state index is 0.0143. The smallest absolute Gasteiger partial charge is 0.251 e. The molecular weight excluding hydrogens is 300 g/mol. The van der Waals surface area contributed by atoms with E-state index in [9.17, 15) is 4.79 Å². The number of nitrogens with one attached hydrogen (secondary N) is 1. The Bertz CT molecular complexity index is 702. The predicted molar refractivity (Wildman–Crippen MR) is 93.1 cm³/mol. The van der Waals surface area contributed by atoms with Crippen molar-refractivity contribution in [1.29, 1.82) is 0 Å². The van der Waals surface area contributed by atoms with Crippen molar-refractivity contribution in [2.45, 2.75) is 38.1 Å². The summed E-state index contributed by atoms with van der Waals surface area (Å²) in [5.74, 6) is 0.951. The fourth-order valence-electron chi connectivity index (χ4n) is 3.95. The molecule has 2 aromatic rings. The van der Waals surface area contributed by atoms with Crippen LogP contribution in [0.15, 0.2) is 41.0 Å². The summed E-state index contributed by atoms with van der Waals surface area (Å²) in [6.07, 6.45) is 7.59. The Morgan fingerprint density at radius 2 is 1.96 bits per heavy atom. The molecule has 126 valence electrons. The monoisotopic (exact) mass is 324 g/mol. The Kier molecular flexibility index (Phi) is 4.39. The molecule has 1 atom stereocenters. The summed E-state index contributed by atoms with van der Waals surface area (Å²) in [6.45, 7) is 2.73. The van der Waals surface area contributed by atoms with Gasteiger partial charge in [-0.25, -0.2) is 0 Å². The topological polar surface area (TPSA) is 45.5 Å². The number of carbonyl (C=O) groups excluding carboxylic acids is 1. The second-order valence-electron chi connectivity index (χ2n) is 6.82. The molecule has 2 aliphatic rings. The fourth-order valence-corrected chi connectivity index (χ4v) is 3.95. The first-order valence-electron chi connectivity index (χ1n) is 8.99. The van der Waals surface area contributed by atoms with Crippen LogP contribution in [-0.2, 0) is 12.8 Å². The van der Waals surface area contributed by atoms with E-state index in [1.807, 2.05) is 18.2 Å². The van der Waals surface area contributed by atoms with Crippen LogP contribution < -0.4 is 5.32 Å². The van der Waals surface area contributed by atoms with E-state index in [2.05, 4.69) is 22.3 Å². The van der Waals surface area contributed by atoms with Crippen LogP contribution in [0.4, 0.5) is 0 Å². The number of hydrogen-bond donors (Lipinski definition) is 1. The van der Waals surface area contributed by atoms with Gasteiger partial charge in [-0.05, 0) is 80.6 Å². The number of furan rings is 1. The fraction of sp³-hybridized carbons (Fsp3) is 0.450. The molecule has 0 unspecified atom stereocenters. The van der Waals surface area contributed by atoms with Gasteiger partial charge >= 0.3 is 0 Å². The molecule has 0 saturated carbocycles. The second-order valence-corrected chi connectivity index (χ2v) is 6.82. The van der Waals surface area contributed by atoms with Crippen molar-refractivity contribution in [3.05, 3.63) is 59.0 Å². The van der Waals surface area contributed by atoms with Gasteiger partial charge in [-0.2, -0.15) is 0 Å².